The lowest BCUT2D eigenvalue weighted by Gasteiger charge is -2.27. The van der Waals surface area contributed by atoms with Gasteiger partial charge in [-0.3, -0.25) is 14.5 Å². The van der Waals surface area contributed by atoms with E-state index in [0.29, 0.717) is 12.1 Å². The maximum absolute atomic E-state index is 12.5. The van der Waals surface area contributed by atoms with Crippen molar-refractivity contribution in [2.45, 2.75) is 25.4 Å². The van der Waals surface area contributed by atoms with Crippen molar-refractivity contribution in [3.05, 3.63) is 27.8 Å². The molecule has 0 N–H and O–H groups in total. The van der Waals surface area contributed by atoms with Gasteiger partial charge in [0.05, 0.1) is 23.6 Å². The maximum Gasteiger partial charge on any atom is 0.237 e. The summed E-state index contributed by atoms with van der Waals surface area (Å²) in [6, 6.07) is 7.50. The molecule has 0 aromatic heterocycles. The van der Waals surface area contributed by atoms with Crippen molar-refractivity contribution in [3.63, 3.8) is 0 Å². The Hall–Kier alpha value is -1.28. The zero-order chi connectivity index (χ0) is 16.3. The highest BCUT2D eigenvalue weighted by Gasteiger charge is 2.50. The Morgan fingerprint density at radius 3 is 2.27 bits per heavy atom. The Kier molecular flexibility index (Phi) is 5.69. The van der Waals surface area contributed by atoms with E-state index in [1.807, 2.05) is 31.1 Å². The Labute approximate surface area is 143 Å². The second kappa shape index (κ2) is 7.32. The first-order valence-corrected chi connectivity index (χ1v) is 8.14. The van der Waals surface area contributed by atoms with Gasteiger partial charge in [-0.05, 0) is 66.1 Å². The van der Waals surface area contributed by atoms with Crippen LogP contribution in [0.1, 0.15) is 19.3 Å². The van der Waals surface area contributed by atoms with Crippen LogP contribution in [0.5, 0.6) is 0 Å². The molecule has 1 heterocycles. The molecule has 1 aliphatic carbocycles. The molecule has 0 radical (unpaired) electrons. The van der Waals surface area contributed by atoms with Crippen LogP contribution < -0.4 is 4.90 Å². The summed E-state index contributed by atoms with van der Waals surface area (Å²) in [5, 5.41) is 0. The zero-order valence-corrected chi connectivity index (χ0v) is 14.5. The number of benzene rings is 1. The molecule has 1 saturated heterocycles. The monoisotopic (exact) mass is 415 g/mol. The van der Waals surface area contributed by atoms with E-state index in [2.05, 4.69) is 22.6 Å². The number of hydrogen-bond donors (Lipinski definition) is 0. The average Bonchev–Trinajstić information content (AvgIpc) is 2.81. The molecule has 0 spiro atoms. The molecule has 118 valence electrons. The topological polar surface area (TPSA) is 63.7 Å². The molecule has 0 bridgehead atoms. The second-order valence-corrected chi connectivity index (χ2v) is 6.62. The van der Waals surface area contributed by atoms with E-state index in [1.54, 1.807) is 7.11 Å². The standard InChI is InChI=1S/C15H16INO3.CH2O/c1-20-11-6-7-12-13(8-11)15(19)17(14(12)18)10-4-2-9(16)3-5-10;1-2/h2-5,11-13H,6-8H2,1H3;1H2. The second-order valence-electron chi connectivity index (χ2n) is 5.37. The normalized spacial score (nSPS) is 27.2. The number of amides is 2. The summed E-state index contributed by atoms with van der Waals surface area (Å²) in [6.07, 6.45) is 2.36. The van der Waals surface area contributed by atoms with Gasteiger partial charge >= 0.3 is 0 Å². The minimum atomic E-state index is -0.208. The molecule has 6 heteroatoms. The lowest BCUT2D eigenvalue weighted by Crippen LogP contribution is -2.31. The summed E-state index contributed by atoms with van der Waals surface area (Å²) < 4.78 is 6.44. The SMILES string of the molecule is C=O.COC1CCC2C(=O)N(c3ccc(I)cc3)C(=O)C2C1. The number of halogens is 1. The third-order valence-electron chi connectivity index (χ3n) is 4.30. The number of carbonyl (C=O) groups excluding carboxylic acids is 3. The maximum atomic E-state index is 12.5. The highest BCUT2D eigenvalue weighted by atomic mass is 127. The van der Waals surface area contributed by atoms with Gasteiger partial charge in [-0.15, -0.1) is 0 Å². The van der Waals surface area contributed by atoms with Gasteiger partial charge in [-0.2, -0.15) is 0 Å². The summed E-state index contributed by atoms with van der Waals surface area (Å²) in [4.78, 5) is 34.4. The van der Waals surface area contributed by atoms with E-state index in [0.717, 1.165) is 16.4 Å². The number of nitrogens with zero attached hydrogens (tertiary/aromatic N) is 1. The van der Waals surface area contributed by atoms with Gasteiger partial charge in [-0.1, -0.05) is 0 Å². The number of ether oxygens (including phenoxy) is 1. The van der Waals surface area contributed by atoms with E-state index >= 15 is 0 Å². The van der Waals surface area contributed by atoms with E-state index in [1.165, 1.54) is 4.90 Å². The largest absolute Gasteiger partial charge is 0.381 e. The number of rotatable bonds is 2. The molecule has 1 aromatic carbocycles. The third kappa shape index (κ3) is 3.08. The molecule has 3 unspecified atom stereocenters. The van der Waals surface area contributed by atoms with Crippen LogP contribution >= 0.6 is 22.6 Å². The van der Waals surface area contributed by atoms with E-state index < -0.39 is 0 Å². The van der Waals surface area contributed by atoms with Crippen molar-refractivity contribution in [3.8, 4) is 0 Å². The number of methoxy groups -OCH3 is 1. The van der Waals surface area contributed by atoms with Gasteiger partial charge in [0.1, 0.15) is 6.79 Å². The first-order chi connectivity index (χ1) is 10.6. The van der Waals surface area contributed by atoms with Gasteiger partial charge in [0.15, 0.2) is 0 Å². The minimum absolute atomic E-state index is 0.0456. The number of carbonyl (C=O) groups is 3. The summed E-state index contributed by atoms with van der Waals surface area (Å²) in [5.41, 5.74) is 0.684. The van der Waals surface area contributed by atoms with Crippen LogP contribution in [0.15, 0.2) is 24.3 Å². The molecule has 1 aliphatic heterocycles. The average molecular weight is 415 g/mol. The predicted octanol–water partition coefficient (Wildman–Crippen LogP) is 2.41. The van der Waals surface area contributed by atoms with Crippen molar-refractivity contribution in [2.24, 2.45) is 11.8 Å². The highest BCUT2D eigenvalue weighted by Crippen LogP contribution is 2.40. The zero-order valence-electron chi connectivity index (χ0n) is 12.3. The molecule has 5 nitrogen and oxygen atoms in total. The first-order valence-electron chi connectivity index (χ1n) is 7.07. The highest BCUT2D eigenvalue weighted by molar-refractivity contribution is 14.1. The quantitative estimate of drug-likeness (QED) is 0.550. The van der Waals surface area contributed by atoms with Crippen LogP contribution in [0.25, 0.3) is 0 Å². The fourth-order valence-corrected chi connectivity index (χ4v) is 3.56. The van der Waals surface area contributed by atoms with E-state index in [4.69, 9.17) is 9.53 Å². The van der Waals surface area contributed by atoms with Gasteiger partial charge in [-0.25, -0.2) is 0 Å². The van der Waals surface area contributed by atoms with Crippen LogP contribution in [-0.4, -0.2) is 31.8 Å². The summed E-state index contributed by atoms with van der Waals surface area (Å²) >= 11 is 2.21. The van der Waals surface area contributed by atoms with Crippen molar-refractivity contribution in [1.29, 1.82) is 0 Å². The summed E-state index contributed by atoms with van der Waals surface area (Å²) in [6.45, 7) is 2.00. The molecular weight excluding hydrogens is 397 g/mol. The van der Waals surface area contributed by atoms with Crippen molar-refractivity contribution < 1.29 is 19.1 Å². The van der Waals surface area contributed by atoms with Gasteiger partial charge in [0.2, 0.25) is 11.8 Å². The van der Waals surface area contributed by atoms with Crippen LogP contribution in [0.4, 0.5) is 5.69 Å². The minimum Gasteiger partial charge on any atom is -0.381 e. The van der Waals surface area contributed by atoms with E-state index in [-0.39, 0.29) is 29.8 Å². The van der Waals surface area contributed by atoms with Crippen LogP contribution in [0, 0.1) is 15.4 Å². The fourth-order valence-electron chi connectivity index (χ4n) is 3.20. The Morgan fingerprint density at radius 1 is 1.09 bits per heavy atom. The Balaban J connectivity index is 0.000000847. The van der Waals surface area contributed by atoms with Crippen LogP contribution in [0.2, 0.25) is 0 Å². The Morgan fingerprint density at radius 2 is 1.68 bits per heavy atom. The van der Waals surface area contributed by atoms with Crippen molar-refractivity contribution in [2.75, 3.05) is 12.0 Å². The van der Waals surface area contributed by atoms with Crippen molar-refractivity contribution in [1.82, 2.24) is 0 Å². The lowest BCUT2D eigenvalue weighted by atomic mass is 9.79. The Bertz CT molecular complexity index is 560. The number of hydrogen-bond acceptors (Lipinski definition) is 4. The van der Waals surface area contributed by atoms with Crippen LogP contribution in [-0.2, 0) is 19.1 Å². The molecular formula is C16H18INO4. The molecule has 22 heavy (non-hydrogen) atoms. The molecule has 3 rings (SSSR count). The smallest absolute Gasteiger partial charge is 0.237 e. The third-order valence-corrected chi connectivity index (χ3v) is 5.01. The first kappa shape index (κ1) is 17.1. The summed E-state index contributed by atoms with van der Waals surface area (Å²) in [5.74, 6) is -0.479. The van der Waals surface area contributed by atoms with Gasteiger partial charge < -0.3 is 9.53 Å². The van der Waals surface area contributed by atoms with E-state index in [9.17, 15) is 9.59 Å². The fraction of sp³-hybridized carbons (Fsp3) is 0.438. The molecule has 1 aromatic rings. The molecule has 1 saturated carbocycles. The molecule has 2 amide bonds. The number of imide groups is 1. The number of anilines is 1. The van der Waals surface area contributed by atoms with Gasteiger partial charge in [0.25, 0.3) is 0 Å². The lowest BCUT2D eigenvalue weighted by molar-refractivity contribution is -0.123. The molecule has 3 atom stereocenters. The van der Waals surface area contributed by atoms with Gasteiger partial charge in [0, 0.05) is 10.7 Å². The molecule has 2 aliphatic rings. The summed E-state index contributed by atoms with van der Waals surface area (Å²) in [7, 11) is 1.67. The number of fused-ring (bicyclic) bond motifs is 1. The van der Waals surface area contributed by atoms with Crippen molar-refractivity contribution >= 4 is 46.9 Å². The van der Waals surface area contributed by atoms with Crippen LogP contribution in [0.3, 0.4) is 0 Å². The predicted molar refractivity (Wildman–Crippen MR) is 90.4 cm³/mol. The molecule has 2 fully saturated rings.